The van der Waals surface area contributed by atoms with Crippen molar-refractivity contribution in [3.8, 4) is 0 Å². The lowest BCUT2D eigenvalue weighted by Gasteiger charge is -2.33. The summed E-state index contributed by atoms with van der Waals surface area (Å²) in [6.07, 6.45) is 5.37. The van der Waals surface area contributed by atoms with Crippen molar-refractivity contribution in [2.75, 3.05) is 13.1 Å². The van der Waals surface area contributed by atoms with Gasteiger partial charge in [0.25, 0.3) is 0 Å². The number of rotatable bonds is 8. The Morgan fingerprint density at radius 1 is 1.25 bits per heavy atom. The Labute approximate surface area is 169 Å². The molecular weight excluding hydrogens is 354 g/mol. The average Bonchev–Trinajstić information content (AvgIpc) is 2.61. The number of benzene rings is 1. The lowest BCUT2D eigenvalue weighted by Crippen LogP contribution is -2.53. The Kier molecular flexibility index (Phi) is 8.73. The van der Waals surface area contributed by atoms with Gasteiger partial charge in [0.15, 0.2) is 0 Å². The van der Waals surface area contributed by atoms with E-state index in [0.717, 1.165) is 18.4 Å². The number of nitrogens with zero attached hydrogens (tertiary/aromatic N) is 1. The fourth-order valence-corrected chi connectivity index (χ4v) is 3.66. The van der Waals surface area contributed by atoms with Crippen LogP contribution in [0.1, 0.15) is 58.4 Å². The van der Waals surface area contributed by atoms with Crippen LogP contribution in [0.25, 0.3) is 0 Å². The van der Waals surface area contributed by atoms with E-state index in [2.05, 4.69) is 5.43 Å². The first-order valence-electron chi connectivity index (χ1n) is 10.4. The summed E-state index contributed by atoms with van der Waals surface area (Å²) in [5.74, 6) is 0.515. The molecule has 0 aliphatic heterocycles. The Morgan fingerprint density at radius 3 is 2.50 bits per heavy atom. The van der Waals surface area contributed by atoms with Crippen molar-refractivity contribution in [2.24, 2.45) is 11.7 Å². The smallest absolute Gasteiger partial charge is 0.422 e. The van der Waals surface area contributed by atoms with Gasteiger partial charge >= 0.3 is 6.09 Å². The topological polar surface area (TPSA) is 87.8 Å². The number of carbonyl (C=O) groups excluding carboxylic acids is 1. The fraction of sp³-hybridized carbons (Fsp3) is 0.682. The molecule has 1 aromatic carbocycles. The van der Waals surface area contributed by atoms with E-state index in [4.69, 9.17) is 10.5 Å². The lowest BCUT2D eigenvalue weighted by atomic mass is 9.89. The van der Waals surface area contributed by atoms with E-state index >= 15 is 0 Å². The highest BCUT2D eigenvalue weighted by Gasteiger charge is 2.25. The standard InChI is InChI=1S/C22H37N3O3/c1-22(2,3)28-21(27)24-25(15-18-12-8-5-9-13-18)16-20(26)19(23)14-17-10-6-4-7-11-17/h4,6-7,10-11,18-20,26H,5,8-9,12-16,23H2,1-3H3,(H,24,27). The Morgan fingerprint density at radius 2 is 1.89 bits per heavy atom. The molecule has 28 heavy (non-hydrogen) atoms. The van der Waals surface area contributed by atoms with Crippen molar-refractivity contribution in [2.45, 2.75) is 77.0 Å². The fourth-order valence-electron chi connectivity index (χ4n) is 3.66. The number of aliphatic hydroxyl groups excluding tert-OH is 1. The van der Waals surface area contributed by atoms with E-state index in [0.29, 0.717) is 18.9 Å². The molecule has 1 amide bonds. The number of nitrogens with two attached hydrogens (primary N) is 1. The number of ether oxygens (including phenoxy) is 1. The van der Waals surface area contributed by atoms with Gasteiger partial charge in [0.1, 0.15) is 5.60 Å². The minimum Gasteiger partial charge on any atom is -0.443 e. The minimum absolute atomic E-state index is 0.281. The van der Waals surface area contributed by atoms with Crippen LogP contribution in [-0.2, 0) is 11.2 Å². The third kappa shape index (κ3) is 8.59. The Hall–Kier alpha value is -1.63. The number of aliphatic hydroxyl groups is 1. The summed E-state index contributed by atoms with van der Waals surface area (Å²) in [6, 6.07) is 9.50. The second-order valence-corrected chi connectivity index (χ2v) is 8.94. The molecule has 6 heteroatoms. The molecule has 0 aromatic heterocycles. The van der Waals surface area contributed by atoms with E-state index in [1.807, 2.05) is 51.1 Å². The lowest BCUT2D eigenvalue weighted by molar-refractivity contribution is 0.0133. The van der Waals surface area contributed by atoms with Gasteiger partial charge in [-0.1, -0.05) is 49.6 Å². The van der Waals surface area contributed by atoms with E-state index in [1.54, 1.807) is 5.01 Å². The number of hydrogen-bond acceptors (Lipinski definition) is 5. The van der Waals surface area contributed by atoms with Crippen LogP contribution in [0.2, 0.25) is 0 Å². The van der Waals surface area contributed by atoms with E-state index in [1.165, 1.54) is 19.3 Å². The van der Waals surface area contributed by atoms with Gasteiger partial charge in [-0.25, -0.2) is 9.80 Å². The highest BCUT2D eigenvalue weighted by Crippen LogP contribution is 2.24. The minimum atomic E-state index is -0.751. The quantitative estimate of drug-likeness (QED) is 0.592. The number of carbonyl (C=O) groups is 1. The van der Waals surface area contributed by atoms with Crippen LogP contribution in [0.5, 0.6) is 0 Å². The number of amides is 1. The third-order valence-corrected chi connectivity index (χ3v) is 5.07. The summed E-state index contributed by atoms with van der Waals surface area (Å²) in [7, 11) is 0. The van der Waals surface area contributed by atoms with Crippen molar-refractivity contribution < 1.29 is 14.6 Å². The molecule has 1 aliphatic rings. The SMILES string of the molecule is CC(C)(C)OC(=O)NN(CC1CCCCC1)CC(O)C(N)Cc1ccccc1. The summed E-state index contributed by atoms with van der Waals surface area (Å²) >= 11 is 0. The number of nitrogens with one attached hydrogen (secondary N) is 1. The van der Waals surface area contributed by atoms with Gasteiger partial charge in [0.2, 0.25) is 0 Å². The molecule has 0 saturated heterocycles. The van der Waals surface area contributed by atoms with Crippen LogP contribution in [0.3, 0.4) is 0 Å². The maximum absolute atomic E-state index is 12.3. The summed E-state index contributed by atoms with van der Waals surface area (Å²) in [4.78, 5) is 12.3. The molecule has 0 spiro atoms. The maximum Gasteiger partial charge on any atom is 0.422 e. The maximum atomic E-state index is 12.3. The number of hydrogen-bond donors (Lipinski definition) is 3. The molecule has 1 aliphatic carbocycles. The zero-order valence-corrected chi connectivity index (χ0v) is 17.6. The molecule has 2 rings (SSSR count). The zero-order chi connectivity index (χ0) is 20.6. The Balaban J connectivity index is 1.95. The largest absolute Gasteiger partial charge is 0.443 e. The highest BCUT2D eigenvalue weighted by molar-refractivity contribution is 5.67. The van der Waals surface area contributed by atoms with E-state index in [-0.39, 0.29) is 6.54 Å². The highest BCUT2D eigenvalue weighted by atomic mass is 16.6. The molecule has 2 unspecified atom stereocenters. The summed E-state index contributed by atoms with van der Waals surface area (Å²) in [5, 5.41) is 12.5. The second-order valence-electron chi connectivity index (χ2n) is 8.94. The first-order valence-corrected chi connectivity index (χ1v) is 10.4. The first kappa shape index (κ1) is 22.7. The Bertz CT molecular complexity index is 582. The van der Waals surface area contributed by atoms with Crippen LogP contribution >= 0.6 is 0 Å². The number of hydrazine groups is 1. The van der Waals surface area contributed by atoms with Gasteiger partial charge in [0, 0.05) is 19.1 Å². The average molecular weight is 392 g/mol. The van der Waals surface area contributed by atoms with Gasteiger partial charge in [-0.2, -0.15) is 0 Å². The molecule has 0 radical (unpaired) electrons. The molecule has 1 saturated carbocycles. The predicted molar refractivity (Wildman–Crippen MR) is 112 cm³/mol. The molecule has 1 aromatic rings. The van der Waals surface area contributed by atoms with Crippen LogP contribution in [-0.4, -0.2) is 47.0 Å². The van der Waals surface area contributed by atoms with Gasteiger partial charge in [-0.05, 0) is 51.5 Å². The van der Waals surface area contributed by atoms with Crippen molar-refractivity contribution in [3.63, 3.8) is 0 Å². The molecule has 6 nitrogen and oxygen atoms in total. The van der Waals surface area contributed by atoms with Crippen LogP contribution in [0.15, 0.2) is 30.3 Å². The second kappa shape index (κ2) is 10.8. The normalized spacial score (nSPS) is 17.9. The molecular formula is C22H37N3O3. The molecule has 2 atom stereocenters. The summed E-state index contributed by atoms with van der Waals surface area (Å²) in [5.41, 5.74) is 9.59. The van der Waals surface area contributed by atoms with Gasteiger partial charge in [0.05, 0.1) is 6.10 Å². The van der Waals surface area contributed by atoms with Crippen LogP contribution in [0, 0.1) is 5.92 Å². The van der Waals surface area contributed by atoms with E-state index in [9.17, 15) is 9.90 Å². The van der Waals surface area contributed by atoms with Gasteiger partial charge in [-0.3, -0.25) is 5.43 Å². The zero-order valence-electron chi connectivity index (χ0n) is 17.6. The molecule has 158 valence electrons. The first-order chi connectivity index (χ1) is 13.2. The van der Waals surface area contributed by atoms with Crippen LogP contribution in [0.4, 0.5) is 4.79 Å². The molecule has 1 fully saturated rings. The van der Waals surface area contributed by atoms with Gasteiger partial charge in [-0.15, -0.1) is 0 Å². The van der Waals surface area contributed by atoms with Crippen molar-refractivity contribution in [1.82, 2.24) is 10.4 Å². The van der Waals surface area contributed by atoms with Crippen molar-refractivity contribution >= 4 is 6.09 Å². The molecule has 0 bridgehead atoms. The van der Waals surface area contributed by atoms with E-state index < -0.39 is 23.8 Å². The monoisotopic (exact) mass is 391 g/mol. The van der Waals surface area contributed by atoms with Gasteiger partial charge < -0.3 is 15.6 Å². The van der Waals surface area contributed by atoms with Crippen molar-refractivity contribution in [1.29, 1.82) is 0 Å². The third-order valence-electron chi connectivity index (χ3n) is 5.07. The molecule has 4 N–H and O–H groups in total. The van der Waals surface area contributed by atoms with Crippen LogP contribution < -0.4 is 11.2 Å². The molecule has 0 heterocycles. The van der Waals surface area contributed by atoms with Crippen molar-refractivity contribution in [3.05, 3.63) is 35.9 Å². The predicted octanol–water partition coefficient (Wildman–Crippen LogP) is 3.24. The summed E-state index contributed by atoms with van der Waals surface area (Å²) in [6.45, 7) is 6.49. The summed E-state index contributed by atoms with van der Waals surface area (Å²) < 4.78 is 5.39.